The molecule has 1 amide bonds. The van der Waals surface area contributed by atoms with Gasteiger partial charge in [-0.05, 0) is 45.1 Å². The second-order valence-corrected chi connectivity index (χ2v) is 7.67. The number of nitriles is 1. The van der Waals surface area contributed by atoms with E-state index in [9.17, 15) is 10.1 Å². The van der Waals surface area contributed by atoms with Crippen LogP contribution in [0.3, 0.4) is 0 Å². The van der Waals surface area contributed by atoms with Gasteiger partial charge in [0.25, 0.3) is 0 Å². The zero-order valence-electron chi connectivity index (χ0n) is 14.5. The third-order valence-corrected chi connectivity index (χ3v) is 5.88. The normalized spacial score (nSPS) is 15.8. The number of hydrogen-bond donors (Lipinski definition) is 2. The molecule has 1 aromatic carbocycles. The number of amides is 1. The summed E-state index contributed by atoms with van der Waals surface area (Å²) in [6.07, 6.45) is 5.39. The van der Waals surface area contributed by atoms with Gasteiger partial charge in [-0.1, -0.05) is 17.4 Å². The van der Waals surface area contributed by atoms with Crippen LogP contribution in [0.4, 0.5) is 5.13 Å². The molecule has 3 aromatic rings. The number of carbonyl (C=O) groups is 1. The van der Waals surface area contributed by atoms with E-state index in [1.165, 1.54) is 11.3 Å². The summed E-state index contributed by atoms with van der Waals surface area (Å²) in [5.74, 6) is 0.121. The maximum atomic E-state index is 12.5. The Kier molecular flexibility index (Phi) is 4.45. The fourth-order valence-corrected chi connectivity index (χ4v) is 4.26. The summed E-state index contributed by atoms with van der Waals surface area (Å²) in [7, 11) is 2.08. The molecule has 2 N–H and O–H groups in total. The van der Waals surface area contributed by atoms with E-state index < -0.39 is 0 Å². The first-order valence-electron chi connectivity index (χ1n) is 8.61. The molecule has 0 aliphatic carbocycles. The molecule has 26 heavy (non-hydrogen) atoms. The van der Waals surface area contributed by atoms with Crippen LogP contribution >= 0.6 is 11.3 Å². The summed E-state index contributed by atoms with van der Waals surface area (Å²) in [6, 6.07) is 7.91. The second-order valence-electron chi connectivity index (χ2n) is 6.64. The fourth-order valence-electron chi connectivity index (χ4n) is 3.40. The molecule has 0 unspecified atom stereocenters. The number of nitrogens with zero attached hydrogens (tertiary/aromatic N) is 3. The number of hydrogen-bond acceptors (Lipinski definition) is 5. The van der Waals surface area contributed by atoms with Crippen LogP contribution in [-0.4, -0.2) is 40.9 Å². The van der Waals surface area contributed by atoms with Gasteiger partial charge >= 0.3 is 0 Å². The number of aromatic nitrogens is 2. The summed E-state index contributed by atoms with van der Waals surface area (Å²) >= 11 is 1.46. The Bertz CT molecular complexity index is 991. The summed E-state index contributed by atoms with van der Waals surface area (Å²) in [6.45, 7) is 1.91. The van der Waals surface area contributed by atoms with Gasteiger partial charge < -0.3 is 15.2 Å². The number of anilines is 1. The molecule has 7 heteroatoms. The number of fused-ring (bicyclic) bond motifs is 1. The highest BCUT2D eigenvalue weighted by atomic mass is 32.1. The molecule has 1 fully saturated rings. The average molecular weight is 365 g/mol. The molecule has 0 bridgehead atoms. The van der Waals surface area contributed by atoms with E-state index >= 15 is 0 Å². The zero-order chi connectivity index (χ0) is 18.1. The lowest BCUT2D eigenvalue weighted by Crippen LogP contribution is -2.35. The number of likely N-dealkylation sites (tertiary alicyclic amines) is 1. The van der Waals surface area contributed by atoms with Crippen molar-refractivity contribution in [2.45, 2.75) is 12.8 Å². The van der Waals surface area contributed by atoms with Crippen LogP contribution in [0.5, 0.6) is 0 Å². The van der Waals surface area contributed by atoms with E-state index in [0.29, 0.717) is 10.7 Å². The van der Waals surface area contributed by atoms with Crippen molar-refractivity contribution in [3.63, 3.8) is 0 Å². The van der Waals surface area contributed by atoms with Gasteiger partial charge in [0.2, 0.25) is 5.91 Å². The molecule has 6 nitrogen and oxygen atoms in total. The molecular weight excluding hydrogens is 346 g/mol. The van der Waals surface area contributed by atoms with Gasteiger partial charge in [-0.2, -0.15) is 5.26 Å². The van der Waals surface area contributed by atoms with Crippen LogP contribution in [0.2, 0.25) is 0 Å². The van der Waals surface area contributed by atoms with E-state index in [1.807, 2.05) is 24.4 Å². The largest absolute Gasteiger partial charge is 0.360 e. The van der Waals surface area contributed by atoms with Crippen LogP contribution < -0.4 is 5.32 Å². The minimum Gasteiger partial charge on any atom is -0.360 e. The Morgan fingerprint density at radius 3 is 2.96 bits per heavy atom. The van der Waals surface area contributed by atoms with Gasteiger partial charge in [0, 0.05) is 29.3 Å². The van der Waals surface area contributed by atoms with Crippen molar-refractivity contribution in [2.24, 2.45) is 5.92 Å². The predicted octanol–water partition coefficient (Wildman–Crippen LogP) is 3.44. The molecule has 132 valence electrons. The monoisotopic (exact) mass is 365 g/mol. The molecule has 0 saturated carbocycles. The second kappa shape index (κ2) is 6.90. The van der Waals surface area contributed by atoms with E-state index in [1.54, 1.807) is 6.20 Å². The lowest BCUT2D eigenvalue weighted by molar-refractivity contribution is -0.121. The van der Waals surface area contributed by atoms with Gasteiger partial charge in [0.1, 0.15) is 6.07 Å². The number of aromatic amines is 1. The molecule has 2 aromatic heterocycles. The lowest BCUT2D eigenvalue weighted by atomic mass is 9.96. The van der Waals surface area contributed by atoms with E-state index in [0.717, 1.165) is 47.3 Å². The number of H-pyrrole nitrogens is 1. The van der Waals surface area contributed by atoms with Crippen molar-refractivity contribution in [2.75, 3.05) is 25.5 Å². The molecule has 3 heterocycles. The molecule has 4 rings (SSSR count). The third kappa shape index (κ3) is 3.09. The molecule has 0 atom stereocenters. The standard InChI is InChI=1S/C19H19N5OS/c1-24-8-5-12(6-9-24)18(25)23-19-22-11-16(26-19)14-3-2-13(10-20)17-15(14)4-7-21-17/h2-4,7,11-12,21H,5-6,8-9H2,1H3,(H,22,23,25). The maximum absolute atomic E-state index is 12.5. The smallest absolute Gasteiger partial charge is 0.229 e. The van der Waals surface area contributed by atoms with Gasteiger partial charge in [-0.25, -0.2) is 4.98 Å². The first-order chi connectivity index (χ1) is 12.7. The SMILES string of the molecule is CN1CCC(C(=O)Nc2ncc(-c3ccc(C#N)c4[nH]ccc34)s2)CC1. The molecule has 0 radical (unpaired) electrons. The van der Waals surface area contributed by atoms with Crippen LogP contribution in [0.25, 0.3) is 21.3 Å². The van der Waals surface area contributed by atoms with E-state index in [-0.39, 0.29) is 11.8 Å². The van der Waals surface area contributed by atoms with Crippen molar-refractivity contribution >= 4 is 33.3 Å². The van der Waals surface area contributed by atoms with E-state index in [4.69, 9.17) is 0 Å². The minimum absolute atomic E-state index is 0.0600. The van der Waals surface area contributed by atoms with Gasteiger partial charge in [-0.15, -0.1) is 0 Å². The van der Waals surface area contributed by atoms with Crippen LogP contribution in [0.1, 0.15) is 18.4 Å². The van der Waals surface area contributed by atoms with Crippen molar-refractivity contribution in [3.05, 3.63) is 36.2 Å². The quantitative estimate of drug-likeness (QED) is 0.744. The minimum atomic E-state index is 0.0600. The highest BCUT2D eigenvalue weighted by Crippen LogP contribution is 2.35. The van der Waals surface area contributed by atoms with Gasteiger partial charge in [0.05, 0.1) is 16.0 Å². The third-order valence-electron chi connectivity index (χ3n) is 4.93. The number of carbonyl (C=O) groups excluding carboxylic acids is 1. The van der Waals surface area contributed by atoms with Crippen molar-refractivity contribution in [3.8, 4) is 16.5 Å². The van der Waals surface area contributed by atoms with Crippen molar-refractivity contribution < 1.29 is 4.79 Å². The van der Waals surface area contributed by atoms with Crippen molar-refractivity contribution in [1.82, 2.24) is 14.9 Å². The maximum Gasteiger partial charge on any atom is 0.229 e. The topological polar surface area (TPSA) is 84.8 Å². The van der Waals surface area contributed by atoms with Crippen molar-refractivity contribution in [1.29, 1.82) is 5.26 Å². The Hall–Kier alpha value is -2.69. The average Bonchev–Trinajstić information content (AvgIpc) is 3.31. The van der Waals surface area contributed by atoms with Crippen LogP contribution in [0.15, 0.2) is 30.6 Å². The van der Waals surface area contributed by atoms with Crippen LogP contribution in [0, 0.1) is 17.2 Å². The predicted molar refractivity (Wildman–Crippen MR) is 103 cm³/mol. The number of thiazole rings is 1. The summed E-state index contributed by atoms with van der Waals surface area (Å²) in [5.41, 5.74) is 2.46. The summed E-state index contributed by atoms with van der Waals surface area (Å²) in [5, 5.41) is 13.8. The molecular formula is C19H19N5OS. The highest BCUT2D eigenvalue weighted by Gasteiger charge is 2.24. The molecule has 1 aliphatic rings. The Labute approximate surface area is 155 Å². The highest BCUT2D eigenvalue weighted by molar-refractivity contribution is 7.19. The number of benzene rings is 1. The first kappa shape index (κ1) is 16.8. The lowest BCUT2D eigenvalue weighted by Gasteiger charge is -2.27. The Morgan fingerprint density at radius 1 is 1.38 bits per heavy atom. The summed E-state index contributed by atoms with van der Waals surface area (Å²) < 4.78 is 0. The Morgan fingerprint density at radius 2 is 2.19 bits per heavy atom. The molecule has 1 saturated heterocycles. The fraction of sp³-hybridized carbons (Fsp3) is 0.316. The summed E-state index contributed by atoms with van der Waals surface area (Å²) in [4.78, 5) is 23.2. The van der Waals surface area contributed by atoms with E-state index in [2.05, 4.69) is 33.3 Å². The Balaban J connectivity index is 1.55. The number of rotatable bonds is 3. The molecule has 1 aliphatic heterocycles. The van der Waals surface area contributed by atoms with Gasteiger partial charge in [0.15, 0.2) is 5.13 Å². The molecule has 0 spiro atoms. The van der Waals surface area contributed by atoms with Gasteiger partial charge in [-0.3, -0.25) is 4.79 Å². The zero-order valence-corrected chi connectivity index (χ0v) is 15.3. The number of piperidine rings is 1. The number of nitrogens with one attached hydrogen (secondary N) is 2. The van der Waals surface area contributed by atoms with Crippen LogP contribution in [-0.2, 0) is 4.79 Å². The first-order valence-corrected chi connectivity index (χ1v) is 9.43.